The molecule has 0 aliphatic carbocycles. The molecule has 0 spiro atoms. The first-order valence-electron chi connectivity index (χ1n) is 6.32. The summed E-state index contributed by atoms with van der Waals surface area (Å²) in [6.45, 7) is 1.75. The summed E-state index contributed by atoms with van der Waals surface area (Å²) in [6.07, 6.45) is 0.690. The van der Waals surface area contributed by atoms with Gasteiger partial charge in [0.15, 0.2) is 0 Å². The fraction of sp³-hybridized carbons (Fsp3) is 0.143. The average Bonchev–Trinajstić information content (AvgIpc) is 3.09. The first-order valence-corrected chi connectivity index (χ1v) is 7.13. The number of nitrogens with zero attached hydrogens (tertiary/aromatic N) is 3. The summed E-state index contributed by atoms with van der Waals surface area (Å²) in [7, 11) is 0. The minimum absolute atomic E-state index is 0.160. The van der Waals surface area contributed by atoms with E-state index in [1.807, 2.05) is 30.3 Å². The number of aryl methyl sites for hydroxylation is 1. The Balaban J connectivity index is 1.66. The highest BCUT2D eigenvalue weighted by Crippen LogP contribution is 2.19. The molecule has 0 saturated heterocycles. The summed E-state index contributed by atoms with van der Waals surface area (Å²) in [5, 5.41) is 15.6. The molecular formula is C14H12N4O2S. The van der Waals surface area contributed by atoms with Crippen LogP contribution >= 0.6 is 11.3 Å². The van der Waals surface area contributed by atoms with Crippen LogP contribution in [-0.2, 0) is 6.42 Å². The minimum Gasteiger partial charge on any atom is -0.351 e. The normalized spacial score (nSPS) is 10.5. The van der Waals surface area contributed by atoms with Gasteiger partial charge in [0.25, 0.3) is 5.91 Å². The van der Waals surface area contributed by atoms with Crippen LogP contribution in [0, 0.1) is 6.92 Å². The lowest BCUT2D eigenvalue weighted by Crippen LogP contribution is -2.10. The molecule has 1 aromatic carbocycles. The second kappa shape index (κ2) is 5.84. The molecule has 1 amide bonds. The minimum atomic E-state index is -0.377. The van der Waals surface area contributed by atoms with Crippen LogP contribution in [0.5, 0.6) is 0 Å². The third-order valence-electron chi connectivity index (χ3n) is 2.74. The van der Waals surface area contributed by atoms with E-state index in [0.29, 0.717) is 17.2 Å². The number of carbonyl (C=O) groups excluding carboxylic acids is 1. The fourth-order valence-electron chi connectivity index (χ4n) is 1.78. The molecule has 1 N–H and O–H groups in total. The van der Waals surface area contributed by atoms with Crippen LogP contribution in [0.3, 0.4) is 0 Å². The van der Waals surface area contributed by atoms with Crippen LogP contribution < -0.4 is 5.32 Å². The van der Waals surface area contributed by atoms with Gasteiger partial charge in [0.05, 0.1) is 5.69 Å². The number of anilines is 1. The van der Waals surface area contributed by atoms with Gasteiger partial charge in [0.1, 0.15) is 5.01 Å². The van der Waals surface area contributed by atoms with Gasteiger partial charge in [0.2, 0.25) is 10.9 Å². The molecule has 21 heavy (non-hydrogen) atoms. The Hall–Kier alpha value is -2.54. The van der Waals surface area contributed by atoms with Crippen molar-refractivity contribution in [3.05, 3.63) is 58.4 Å². The van der Waals surface area contributed by atoms with E-state index in [-0.39, 0.29) is 11.7 Å². The lowest BCUT2D eigenvalue weighted by atomic mass is 10.2. The molecule has 0 radical (unpaired) electrons. The number of nitrogens with one attached hydrogen (secondary N) is 1. The van der Waals surface area contributed by atoms with Crippen LogP contribution in [0.1, 0.15) is 26.8 Å². The largest absolute Gasteiger partial charge is 0.351 e. The van der Waals surface area contributed by atoms with E-state index in [9.17, 15) is 4.79 Å². The monoisotopic (exact) mass is 300 g/mol. The maximum atomic E-state index is 11.9. The zero-order valence-corrected chi connectivity index (χ0v) is 12.1. The molecule has 106 valence electrons. The summed E-state index contributed by atoms with van der Waals surface area (Å²) in [5.74, 6) is -0.217. The van der Waals surface area contributed by atoms with Gasteiger partial charge in [-0.2, -0.15) is 0 Å². The van der Waals surface area contributed by atoms with Gasteiger partial charge in [-0.05, 0) is 12.5 Å². The van der Waals surface area contributed by atoms with E-state index in [1.54, 1.807) is 13.0 Å². The number of rotatable bonds is 4. The van der Waals surface area contributed by atoms with Crippen LogP contribution in [0.4, 0.5) is 5.13 Å². The highest BCUT2D eigenvalue weighted by atomic mass is 32.1. The second-order valence-corrected chi connectivity index (χ2v) is 5.51. The Bertz CT molecular complexity index is 751. The van der Waals surface area contributed by atoms with Gasteiger partial charge >= 0.3 is 0 Å². The molecule has 2 aromatic heterocycles. The predicted octanol–water partition coefficient (Wildman–Crippen LogP) is 2.68. The van der Waals surface area contributed by atoms with E-state index in [1.165, 1.54) is 11.3 Å². The number of hydrogen-bond acceptors (Lipinski definition) is 6. The van der Waals surface area contributed by atoms with Crippen LogP contribution in [-0.4, -0.2) is 21.3 Å². The van der Waals surface area contributed by atoms with Crippen molar-refractivity contribution in [1.29, 1.82) is 0 Å². The van der Waals surface area contributed by atoms with E-state index >= 15 is 0 Å². The Morgan fingerprint density at radius 1 is 1.29 bits per heavy atom. The van der Waals surface area contributed by atoms with E-state index in [0.717, 1.165) is 10.6 Å². The molecule has 0 aliphatic heterocycles. The molecule has 0 saturated carbocycles. The summed E-state index contributed by atoms with van der Waals surface area (Å²) in [5.41, 5.74) is 1.81. The van der Waals surface area contributed by atoms with Crippen molar-refractivity contribution in [2.24, 2.45) is 0 Å². The molecule has 7 heteroatoms. The Morgan fingerprint density at radius 3 is 2.81 bits per heavy atom. The van der Waals surface area contributed by atoms with Crippen LogP contribution in [0.2, 0.25) is 0 Å². The molecule has 6 nitrogen and oxygen atoms in total. The number of amides is 1. The third-order valence-corrected chi connectivity index (χ3v) is 3.58. The fourth-order valence-corrected chi connectivity index (χ4v) is 2.54. The lowest BCUT2D eigenvalue weighted by molar-refractivity contribution is 0.0988. The SMILES string of the molecule is Cc1cc(C(=O)Nc2nnc(Cc3ccccc3)s2)on1. The molecule has 0 fully saturated rings. The van der Waals surface area contributed by atoms with Crippen molar-refractivity contribution < 1.29 is 9.32 Å². The van der Waals surface area contributed by atoms with Gasteiger partial charge in [-0.1, -0.05) is 46.8 Å². The molecule has 3 aromatic rings. The van der Waals surface area contributed by atoms with Gasteiger partial charge in [-0.3, -0.25) is 10.1 Å². The summed E-state index contributed by atoms with van der Waals surface area (Å²) < 4.78 is 4.90. The third kappa shape index (κ3) is 3.32. The standard InChI is InChI=1S/C14H12N4O2S/c1-9-7-11(20-18-9)13(19)15-14-17-16-12(21-14)8-10-5-3-2-4-6-10/h2-7H,8H2,1H3,(H,15,17,19). The molecule has 0 bridgehead atoms. The van der Waals surface area contributed by atoms with Crippen LogP contribution in [0.15, 0.2) is 40.9 Å². The van der Waals surface area contributed by atoms with Gasteiger partial charge in [-0.15, -0.1) is 10.2 Å². The number of aromatic nitrogens is 3. The molecular weight excluding hydrogens is 288 g/mol. The highest BCUT2D eigenvalue weighted by Gasteiger charge is 2.14. The zero-order chi connectivity index (χ0) is 14.7. The number of hydrogen-bond donors (Lipinski definition) is 1. The summed E-state index contributed by atoms with van der Waals surface area (Å²) >= 11 is 1.34. The maximum absolute atomic E-state index is 11.9. The van der Waals surface area contributed by atoms with Gasteiger partial charge in [0, 0.05) is 12.5 Å². The van der Waals surface area contributed by atoms with E-state index in [2.05, 4.69) is 20.7 Å². The summed E-state index contributed by atoms with van der Waals surface area (Å²) in [6, 6.07) is 11.5. The Kier molecular flexibility index (Phi) is 3.74. The second-order valence-electron chi connectivity index (χ2n) is 4.45. The van der Waals surface area contributed by atoms with Crippen molar-refractivity contribution in [1.82, 2.24) is 15.4 Å². The lowest BCUT2D eigenvalue weighted by Gasteiger charge is -1.96. The molecule has 2 heterocycles. The Morgan fingerprint density at radius 2 is 2.10 bits per heavy atom. The maximum Gasteiger partial charge on any atom is 0.296 e. The van der Waals surface area contributed by atoms with Crippen molar-refractivity contribution in [2.45, 2.75) is 13.3 Å². The molecule has 0 atom stereocenters. The zero-order valence-electron chi connectivity index (χ0n) is 11.2. The van der Waals surface area contributed by atoms with E-state index in [4.69, 9.17) is 4.52 Å². The smallest absolute Gasteiger partial charge is 0.296 e. The van der Waals surface area contributed by atoms with Crippen molar-refractivity contribution in [3.63, 3.8) is 0 Å². The van der Waals surface area contributed by atoms with Gasteiger partial charge < -0.3 is 4.52 Å². The first-order chi connectivity index (χ1) is 10.2. The summed E-state index contributed by atoms with van der Waals surface area (Å²) in [4.78, 5) is 11.9. The molecule has 0 unspecified atom stereocenters. The van der Waals surface area contributed by atoms with Crippen molar-refractivity contribution in [2.75, 3.05) is 5.32 Å². The van der Waals surface area contributed by atoms with Crippen molar-refractivity contribution in [3.8, 4) is 0 Å². The number of benzene rings is 1. The average molecular weight is 300 g/mol. The highest BCUT2D eigenvalue weighted by molar-refractivity contribution is 7.15. The van der Waals surface area contributed by atoms with Crippen molar-refractivity contribution >= 4 is 22.4 Å². The molecule has 0 aliphatic rings. The quantitative estimate of drug-likeness (QED) is 0.801. The van der Waals surface area contributed by atoms with Gasteiger partial charge in [-0.25, -0.2) is 0 Å². The number of carbonyl (C=O) groups is 1. The van der Waals surface area contributed by atoms with E-state index < -0.39 is 0 Å². The topological polar surface area (TPSA) is 80.9 Å². The molecule has 3 rings (SSSR count). The predicted molar refractivity (Wildman–Crippen MR) is 78.4 cm³/mol. The first kappa shape index (κ1) is 13.4. The Labute approximate surface area is 124 Å². The van der Waals surface area contributed by atoms with Crippen LogP contribution in [0.25, 0.3) is 0 Å².